The second-order valence-corrected chi connectivity index (χ2v) is 9.10. The highest BCUT2D eigenvalue weighted by Gasteiger charge is 2.27. The Morgan fingerprint density at radius 3 is 2.14 bits per heavy atom. The summed E-state index contributed by atoms with van der Waals surface area (Å²) in [6.45, 7) is 8.01. The maximum absolute atomic E-state index is 12.7. The number of halogens is 1. The van der Waals surface area contributed by atoms with E-state index in [1.165, 1.54) is 0 Å². The van der Waals surface area contributed by atoms with Crippen molar-refractivity contribution < 1.29 is 8.42 Å². The Kier molecular flexibility index (Phi) is 6.74. The minimum absolute atomic E-state index is 0.0114. The molecule has 2 aromatic rings. The normalized spacial score (nSPS) is 15.6. The molecule has 1 aliphatic heterocycles. The second kappa shape index (κ2) is 9.07. The Labute approximate surface area is 172 Å². The Balaban J connectivity index is 1.59. The largest absolute Gasteiger partial charge is 0.356 e. The van der Waals surface area contributed by atoms with Crippen molar-refractivity contribution in [1.29, 1.82) is 0 Å². The molecule has 9 heteroatoms. The SMILES string of the molecule is CCN(CC)c1ccc(N2CCN(S(=O)(=O)Cc3ccc(Cl)cc3)CC2)nn1. The number of hydrogen-bond acceptors (Lipinski definition) is 6. The summed E-state index contributed by atoms with van der Waals surface area (Å²) in [5.41, 5.74) is 0.740. The van der Waals surface area contributed by atoms with E-state index in [1.54, 1.807) is 28.6 Å². The van der Waals surface area contributed by atoms with Crippen molar-refractivity contribution in [2.45, 2.75) is 19.6 Å². The molecule has 2 heterocycles. The van der Waals surface area contributed by atoms with Crippen molar-refractivity contribution in [2.24, 2.45) is 0 Å². The van der Waals surface area contributed by atoms with Gasteiger partial charge in [0.2, 0.25) is 10.0 Å². The number of sulfonamides is 1. The zero-order valence-corrected chi connectivity index (χ0v) is 17.8. The highest BCUT2D eigenvalue weighted by molar-refractivity contribution is 7.88. The van der Waals surface area contributed by atoms with Crippen LogP contribution in [0.1, 0.15) is 19.4 Å². The molecule has 1 fully saturated rings. The van der Waals surface area contributed by atoms with E-state index in [9.17, 15) is 8.42 Å². The molecule has 0 aliphatic carbocycles. The lowest BCUT2D eigenvalue weighted by atomic mass is 10.2. The first-order chi connectivity index (χ1) is 13.4. The Morgan fingerprint density at radius 2 is 1.61 bits per heavy atom. The van der Waals surface area contributed by atoms with Gasteiger partial charge in [-0.2, -0.15) is 4.31 Å². The summed E-state index contributed by atoms with van der Waals surface area (Å²) in [7, 11) is -3.36. The average molecular weight is 424 g/mol. The highest BCUT2D eigenvalue weighted by atomic mass is 35.5. The van der Waals surface area contributed by atoms with E-state index >= 15 is 0 Å². The lowest BCUT2D eigenvalue weighted by Gasteiger charge is -2.34. The topological polar surface area (TPSA) is 69.6 Å². The number of nitrogens with zero attached hydrogens (tertiary/aromatic N) is 5. The maximum Gasteiger partial charge on any atom is 0.218 e. The van der Waals surface area contributed by atoms with Crippen LogP contribution >= 0.6 is 11.6 Å². The second-order valence-electron chi connectivity index (χ2n) is 6.69. The summed E-state index contributed by atoms with van der Waals surface area (Å²) >= 11 is 5.87. The molecule has 152 valence electrons. The van der Waals surface area contributed by atoms with Crippen LogP contribution in [0.4, 0.5) is 11.6 Å². The van der Waals surface area contributed by atoms with Crippen molar-refractivity contribution in [3.63, 3.8) is 0 Å². The van der Waals surface area contributed by atoms with Gasteiger partial charge < -0.3 is 9.80 Å². The van der Waals surface area contributed by atoms with Gasteiger partial charge in [-0.3, -0.25) is 0 Å². The third-order valence-corrected chi connectivity index (χ3v) is 7.04. The molecule has 0 unspecified atom stereocenters. The number of benzene rings is 1. The van der Waals surface area contributed by atoms with Crippen LogP contribution in [-0.2, 0) is 15.8 Å². The van der Waals surface area contributed by atoms with Crippen LogP contribution in [0.25, 0.3) is 0 Å². The third-order valence-electron chi connectivity index (χ3n) is 4.94. The number of hydrogen-bond donors (Lipinski definition) is 0. The van der Waals surface area contributed by atoms with Crippen molar-refractivity contribution >= 4 is 33.3 Å². The molecule has 0 amide bonds. The molecule has 28 heavy (non-hydrogen) atoms. The summed E-state index contributed by atoms with van der Waals surface area (Å²) in [5.74, 6) is 1.63. The van der Waals surface area contributed by atoms with Gasteiger partial charge in [-0.05, 0) is 43.7 Å². The number of rotatable bonds is 7. The van der Waals surface area contributed by atoms with E-state index in [1.807, 2.05) is 12.1 Å². The fourth-order valence-electron chi connectivity index (χ4n) is 3.28. The molecule has 3 rings (SSSR count). The van der Waals surface area contributed by atoms with Crippen LogP contribution in [0.3, 0.4) is 0 Å². The standard InChI is InChI=1S/C19H26ClN5O2S/c1-3-23(4-2)18-9-10-19(22-21-18)24-11-13-25(14-12-24)28(26,27)15-16-5-7-17(20)8-6-16/h5-10H,3-4,11-15H2,1-2H3. The molecule has 1 saturated heterocycles. The van der Waals surface area contributed by atoms with Crippen LogP contribution in [0, 0.1) is 0 Å². The summed E-state index contributed by atoms with van der Waals surface area (Å²) in [4.78, 5) is 4.21. The van der Waals surface area contributed by atoms with Crippen LogP contribution in [0.2, 0.25) is 5.02 Å². The Morgan fingerprint density at radius 1 is 0.964 bits per heavy atom. The molecule has 7 nitrogen and oxygen atoms in total. The summed E-state index contributed by atoms with van der Waals surface area (Å²) < 4.78 is 27.0. The van der Waals surface area contributed by atoms with Crippen LogP contribution in [-0.4, -0.2) is 62.2 Å². The first-order valence-corrected chi connectivity index (χ1v) is 11.5. The van der Waals surface area contributed by atoms with E-state index in [-0.39, 0.29) is 5.75 Å². The van der Waals surface area contributed by atoms with Gasteiger partial charge in [-0.1, -0.05) is 23.7 Å². The van der Waals surface area contributed by atoms with E-state index in [4.69, 9.17) is 11.6 Å². The van der Waals surface area contributed by atoms with E-state index in [2.05, 4.69) is 33.8 Å². The average Bonchev–Trinajstić information content (AvgIpc) is 2.71. The van der Waals surface area contributed by atoms with Gasteiger partial charge in [0.25, 0.3) is 0 Å². The molecule has 0 N–H and O–H groups in total. The first-order valence-electron chi connectivity index (χ1n) is 9.49. The van der Waals surface area contributed by atoms with Crippen molar-refractivity contribution in [3.05, 3.63) is 47.0 Å². The lowest BCUT2D eigenvalue weighted by Crippen LogP contribution is -2.49. The lowest BCUT2D eigenvalue weighted by molar-refractivity contribution is 0.383. The molecule has 0 spiro atoms. The minimum atomic E-state index is -3.36. The van der Waals surface area contributed by atoms with Crippen LogP contribution in [0.15, 0.2) is 36.4 Å². The number of anilines is 2. The van der Waals surface area contributed by atoms with Gasteiger partial charge >= 0.3 is 0 Å². The Bertz CT molecular complexity index is 862. The molecular formula is C19H26ClN5O2S. The molecular weight excluding hydrogens is 398 g/mol. The molecule has 0 radical (unpaired) electrons. The zero-order valence-electron chi connectivity index (χ0n) is 16.3. The van der Waals surface area contributed by atoms with Gasteiger partial charge in [0.05, 0.1) is 5.75 Å². The molecule has 0 bridgehead atoms. The molecule has 0 saturated carbocycles. The van der Waals surface area contributed by atoms with Crippen molar-refractivity contribution in [2.75, 3.05) is 49.1 Å². The summed E-state index contributed by atoms with van der Waals surface area (Å²) in [6, 6.07) is 10.9. The molecule has 1 aliphatic rings. The van der Waals surface area contributed by atoms with Gasteiger partial charge in [0.1, 0.15) is 0 Å². The predicted octanol–water partition coefficient (Wildman–Crippen LogP) is 2.63. The predicted molar refractivity (Wildman–Crippen MR) is 113 cm³/mol. The number of aromatic nitrogens is 2. The summed E-state index contributed by atoms with van der Waals surface area (Å²) in [5, 5.41) is 9.25. The number of piperazine rings is 1. The van der Waals surface area contributed by atoms with Gasteiger partial charge in [0.15, 0.2) is 11.6 Å². The zero-order chi connectivity index (χ0) is 20.1. The fourth-order valence-corrected chi connectivity index (χ4v) is 4.92. The van der Waals surface area contributed by atoms with Gasteiger partial charge in [-0.15, -0.1) is 10.2 Å². The minimum Gasteiger partial charge on any atom is -0.356 e. The quantitative estimate of drug-likeness (QED) is 0.681. The molecule has 1 aromatic carbocycles. The van der Waals surface area contributed by atoms with Crippen molar-refractivity contribution in [1.82, 2.24) is 14.5 Å². The Hall–Kier alpha value is -1.90. The van der Waals surface area contributed by atoms with E-state index in [0.29, 0.717) is 31.2 Å². The highest BCUT2D eigenvalue weighted by Crippen LogP contribution is 2.19. The van der Waals surface area contributed by atoms with Crippen molar-refractivity contribution in [3.8, 4) is 0 Å². The summed E-state index contributed by atoms with van der Waals surface area (Å²) in [6.07, 6.45) is 0. The first kappa shape index (κ1) is 20.8. The van der Waals surface area contributed by atoms with Gasteiger partial charge in [-0.25, -0.2) is 8.42 Å². The maximum atomic E-state index is 12.7. The molecule has 0 atom stereocenters. The van der Waals surface area contributed by atoms with E-state index in [0.717, 1.165) is 30.3 Å². The smallest absolute Gasteiger partial charge is 0.218 e. The van der Waals surface area contributed by atoms with Crippen LogP contribution in [0.5, 0.6) is 0 Å². The third kappa shape index (κ3) is 4.92. The molecule has 1 aromatic heterocycles. The van der Waals surface area contributed by atoms with Crippen LogP contribution < -0.4 is 9.80 Å². The monoisotopic (exact) mass is 423 g/mol. The van der Waals surface area contributed by atoms with E-state index < -0.39 is 10.0 Å². The van der Waals surface area contributed by atoms with Gasteiger partial charge in [0, 0.05) is 44.3 Å². The fraction of sp³-hybridized carbons (Fsp3) is 0.474.